The number of carbonyl (C=O) groups is 2. The molecule has 0 unspecified atom stereocenters. The van der Waals surface area contributed by atoms with E-state index >= 15 is 0 Å². The summed E-state index contributed by atoms with van der Waals surface area (Å²) in [7, 11) is 0. The summed E-state index contributed by atoms with van der Waals surface area (Å²) >= 11 is 6.40. The summed E-state index contributed by atoms with van der Waals surface area (Å²) in [5.74, 6) is 0.0509. The Bertz CT molecular complexity index is 683. The largest absolute Gasteiger partial charge is 0.494 e. The van der Waals surface area contributed by atoms with Crippen LogP contribution in [0.25, 0.3) is 6.08 Å². The molecule has 25 heavy (non-hydrogen) atoms. The average Bonchev–Trinajstić information content (AvgIpc) is 2.81. The molecule has 0 atom stereocenters. The van der Waals surface area contributed by atoms with Gasteiger partial charge in [0.2, 0.25) is 0 Å². The van der Waals surface area contributed by atoms with Crippen molar-refractivity contribution in [3.05, 3.63) is 34.7 Å². The van der Waals surface area contributed by atoms with Gasteiger partial charge < -0.3 is 9.47 Å². The second-order valence-electron chi connectivity index (χ2n) is 5.72. The summed E-state index contributed by atoms with van der Waals surface area (Å²) in [6.07, 6.45) is 2.48. The molecule has 0 aliphatic carbocycles. The molecule has 0 bridgehead atoms. The van der Waals surface area contributed by atoms with Gasteiger partial charge in [0.15, 0.2) is 0 Å². The second kappa shape index (κ2) is 9.01. The van der Waals surface area contributed by atoms with E-state index < -0.39 is 5.97 Å². The number of thioether (sulfide) groups is 1. The normalized spacial score (nSPS) is 16.0. The third-order valence-electron chi connectivity index (χ3n) is 3.18. The Morgan fingerprint density at radius 1 is 1.32 bits per heavy atom. The zero-order valence-electron chi connectivity index (χ0n) is 14.5. The molecule has 1 aliphatic rings. The Morgan fingerprint density at radius 2 is 2.00 bits per heavy atom. The maximum Gasteiger partial charge on any atom is 0.326 e. The van der Waals surface area contributed by atoms with Crippen molar-refractivity contribution in [3.63, 3.8) is 0 Å². The van der Waals surface area contributed by atoms with E-state index in [0.29, 0.717) is 15.8 Å². The monoisotopic (exact) mass is 379 g/mol. The SMILES string of the molecule is CCCOc1ccc(/C=C2\SC(=S)N(CC(=O)OC(C)C)C2=O)cc1. The molecule has 1 aromatic rings. The molecule has 0 saturated carbocycles. The molecule has 2 rings (SSSR count). The Hall–Kier alpha value is -1.86. The number of nitrogens with zero attached hydrogens (tertiary/aromatic N) is 1. The zero-order valence-corrected chi connectivity index (χ0v) is 16.1. The van der Waals surface area contributed by atoms with Crippen LogP contribution in [0.5, 0.6) is 5.75 Å². The zero-order chi connectivity index (χ0) is 18.4. The first-order chi connectivity index (χ1) is 11.9. The van der Waals surface area contributed by atoms with Gasteiger partial charge in [-0.15, -0.1) is 0 Å². The fraction of sp³-hybridized carbons (Fsp3) is 0.389. The topological polar surface area (TPSA) is 55.8 Å². The highest BCUT2D eigenvalue weighted by molar-refractivity contribution is 8.26. The minimum atomic E-state index is -0.468. The summed E-state index contributed by atoms with van der Waals surface area (Å²) < 4.78 is 11.0. The van der Waals surface area contributed by atoms with E-state index in [9.17, 15) is 9.59 Å². The quantitative estimate of drug-likeness (QED) is 0.410. The van der Waals surface area contributed by atoms with Crippen molar-refractivity contribution in [3.8, 4) is 5.75 Å². The Morgan fingerprint density at radius 3 is 2.60 bits per heavy atom. The standard InChI is InChI=1S/C18H21NO4S2/c1-4-9-22-14-7-5-13(6-8-14)10-15-17(21)19(18(24)25-15)11-16(20)23-12(2)3/h5-8,10,12H,4,9,11H2,1-3H3/b15-10-. The lowest BCUT2D eigenvalue weighted by atomic mass is 10.2. The number of benzene rings is 1. The number of thiocarbonyl (C=S) groups is 1. The molecule has 0 radical (unpaired) electrons. The minimum Gasteiger partial charge on any atom is -0.494 e. The van der Waals surface area contributed by atoms with Gasteiger partial charge in [0.1, 0.15) is 16.6 Å². The predicted octanol–water partition coefficient (Wildman–Crippen LogP) is 3.63. The lowest BCUT2D eigenvalue weighted by molar-refractivity contribution is -0.149. The van der Waals surface area contributed by atoms with Crippen molar-refractivity contribution in [1.82, 2.24) is 4.90 Å². The van der Waals surface area contributed by atoms with Crippen LogP contribution in [-0.2, 0) is 14.3 Å². The highest BCUT2D eigenvalue weighted by atomic mass is 32.2. The van der Waals surface area contributed by atoms with E-state index in [1.807, 2.05) is 31.2 Å². The van der Waals surface area contributed by atoms with Gasteiger partial charge in [-0.05, 0) is 44.0 Å². The van der Waals surface area contributed by atoms with E-state index in [1.165, 1.54) is 16.7 Å². The number of hydrogen-bond donors (Lipinski definition) is 0. The summed E-state index contributed by atoms with van der Waals surface area (Å²) in [6.45, 7) is 6.08. The average molecular weight is 380 g/mol. The molecule has 1 aromatic carbocycles. The molecular weight excluding hydrogens is 358 g/mol. The van der Waals surface area contributed by atoms with E-state index in [4.69, 9.17) is 21.7 Å². The molecule has 1 aliphatic heterocycles. The van der Waals surface area contributed by atoms with Gasteiger partial charge in [0.05, 0.1) is 17.6 Å². The number of esters is 1. The lowest BCUT2D eigenvalue weighted by Crippen LogP contribution is -2.35. The highest BCUT2D eigenvalue weighted by Gasteiger charge is 2.33. The summed E-state index contributed by atoms with van der Waals surface area (Å²) in [4.78, 5) is 26.0. The molecule has 1 saturated heterocycles. The van der Waals surface area contributed by atoms with Crippen LogP contribution in [0.3, 0.4) is 0 Å². The first-order valence-corrected chi connectivity index (χ1v) is 9.31. The van der Waals surface area contributed by atoms with Gasteiger partial charge in [0.25, 0.3) is 5.91 Å². The highest BCUT2D eigenvalue weighted by Crippen LogP contribution is 2.32. The number of rotatable bonds is 7. The molecule has 0 N–H and O–H groups in total. The number of ether oxygens (including phenoxy) is 2. The summed E-state index contributed by atoms with van der Waals surface area (Å²) in [5, 5.41) is 0. The second-order valence-corrected chi connectivity index (χ2v) is 7.40. The van der Waals surface area contributed by atoms with Crippen LogP contribution in [0, 0.1) is 0 Å². The Balaban J connectivity index is 2.05. The van der Waals surface area contributed by atoms with Crippen LogP contribution >= 0.6 is 24.0 Å². The molecule has 1 heterocycles. The molecular formula is C18H21NO4S2. The van der Waals surface area contributed by atoms with Gasteiger partial charge in [0, 0.05) is 0 Å². The fourth-order valence-corrected chi connectivity index (χ4v) is 3.35. The van der Waals surface area contributed by atoms with Crippen molar-refractivity contribution in [1.29, 1.82) is 0 Å². The van der Waals surface area contributed by atoms with Crippen LogP contribution in [0.2, 0.25) is 0 Å². The first-order valence-electron chi connectivity index (χ1n) is 8.08. The van der Waals surface area contributed by atoms with Gasteiger partial charge in [-0.25, -0.2) is 0 Å². The smallest absolute Gasteiger partial charge is 0.326 e. The van der Waals surface area contributed by atoms with Crippen molar-refractivity contribution < 1.29 is 19.1 Å². The number of hydrogen-bond acceptors (Lipinski definition) is 6. The first kappa shape index (κ1) is 19.5. The van der Waals surface area contributed by atoms with E-state index in [2.05, 4.69) is 0 Å². The fourth-order valence-electron chi connectivity index (χ4n) is 2.10. The van der Waals surface area contributed by atoms with Crippen LogP contribution in [0.15, 0.2) is 29.2 Å². The summed E-state index contributed by atoms with van der Waals surface area (Å²) in [6, 6.07) is 7.49. The maximum absolute atomic E-state index is 12.5. The van der Waals surface area contributed by atoms with Crippen LogP contribution in [0.4, 0.5) is 0 Å². The third-order valence-corrected chi connectivity index (χ3v) is 4.56. The van der Waals surface area contributed by atoms with Gasteiger partial charge in [-0.1, -0.05) is 43.0 Å². The number of carbonyl (C=O) groups excluding carboxylic acids is 2. The van der Waals surface area contributed by atoms with Crippen molar-refractivity contribution in [2.45, 2.75) is 33.3 Å². The third kappa shape index (κ3) is 5.57. The summed E-state index contributed by atoms with van der Waals surface area (Å²) in [5.41, 5.74) is 0.870. The van der Waals surface area contributed by atoms with Crippen molar-refractivity contribution in [2.24, 2.45) is 0 Å². The molecule has 134 valence electrons. The minimum absolute atomic E-state index is 0.163. The molecule has 1 fully saturated rings. The molecule has 7 heteroatoms. The Kier molecular flexibility index (Phi) is 7.01. The molecule has 0 spiro atoms. The predicted molar refractivity (Wildman–Crippen MR) is 103 cm³/mol. The van der Waals surface area contributed by atoms with Gasteiger partial charge in [-0.3, -0.25) is 14.5 Å². The van der Waals surface area contributed by atoms with E-state index in [0.717, 1.165) is 17.7 Å². The van der Waals surface area contributed by atoms with Crippen molar-refractivity contribution in [2.75, 3.05) is 13.2 Å². The Labute approximate surface area is 157 Å². The van der Waals surface area contributed by atoms with E-state index in [-0.39, 0.29) is 18.6 Å². The lowest BCUT2D eigenvalue weighted by Gasteiger charge is -2.14. The molecule has 5 nitrogen and oxygen atoms in total. The maximum atomic E-state index is 12.5. The van der Waals surface area contributed by atoms with Gasteiger partial charge >= 0.3 is 5.97 Å². The molecule has 1 amide bonds. The van der Waals surface area contributed by atoms with Crippen molar-refractivity contribution >= 4 is 46.3 Å². The van der Waals surface area contributed by atoms with Crippen LogP contribution in [0.1, 0.15) is 32.8 Å². The van der Waals surface area contributed by atoms with E-state index in [1.54, 1.807) is 19.9 Å². The van der Waals surface area contributed by atoms with Gasteiger partial charge in [-0.2, -0.15) is 0 Å². The number of amides is 1. The molecule has 0 aromatic heterocycles. The van der Waals surface area contributed by atoms with Crippen LogP contribution in [-0.4, -0.2) is 40.4 Å². The van der Waals surface area contributed by atoms with Crippen LogP contribution < -0.4 is 4.74 Å².